The van der Waals surface area contributed by atoms with Gasteiger partial charge in [-0.05, 0) is 59.7 Å². The van der Waals surface area contributed by atoms with E-state index in [1.54, 1.807) is 48.1 Å². The summed E-state index contributed by atoms with van der Waals surface area (Å²) < 4.78 is 36.0. The van der Waals surface area contributed by atoms with Crippen molar-refractivity contribution < 1.29 is 27.9 Å². The van der Waals surface area contributed by atoms with Crippen LogP contribution in [0, 0.1) is 0 Å². The molecule has 2 amide bonds. The number of hydrogen-bond acceptors (Lipinski definition) is 10. The van der Waals surface area contributed by atoms with E-state index in [1.165, 1.54) is 34.1 Å². The number of benzene rings is 3. The van der Waals surface area contributed by atoms with Crippen LogP contribution in [0.25, 0.3) is 21.3 Å². The van der Waals surface area contributed by atoms with Crippen LogP contribution in [0.15, 0.2) is 126 Å². The van der Waals surface area contributed by atoms with E-state index < -0.39 is 46.6 Å². The summed E-state index contributed by atoms with van der Waals surface area (Å²) in [6.07, 6.45) is 0.900. The van der Waals surface area contributed by atoms with E-state index in [0.29, 0.717) is 26.6 Å². The number of aromatic amines is 1. The van der Waals surface area contributed by atoms with E-state index in [2.05, 4.69) is 25.6 Å². The fourth-order valence-corrected chi connectivity index (χ4v) is 9.80. The predicted octanol–water partition coefficient (Wildman–Crippen LogP) is 6.33. The number of rotatable bonds is 14. The van der Waals surface area contributed by atoms with Crippen LogP contribution in [0.3, 0.4) is 0 Å². The fourth-order valence-electron chi connectivity index (χ4n) is 6.42. The standard InChI is InChI=1S/C39H36N6O6S3/c1-51-39(48)44-36(35(25-9-4-2-5-10-25)26-11-6-3-7-12-26)38(47)41-21-29-14-16-34(53-29)32(23-46)45(22-28-19-27-13-8-18-40-37(27)43-28)54(49,50)30-15-17-33-31(20-30)42-24-52-33/h2-20,24,32,35-36,46H,21-23H2,1H3,(H,40,43)(H,41,47)(H,44,48)/t32?,36-/m0/s1. The number of fused-ring (bicyclic) bond motifs is 2. The first-order chi connectivity index (χ1) is 26.2. The maximum absolute atomic E-state index is 14.5. The lowest BCUT2D eigenvalue weighted by Crippen LogP contribution is -2.50. The van der Waals surface area contributed by atoms with Crippen LogP contribution in [0.1, 0.15) is 38.5 Å². The van der Waals surface area contributed by atoms with Gasteiger partial charge in [0.1, 0.15) is 11.7 Å². The van der Waals surface area contributed by atoms with Crippen molar-refractivity contribution in [2.45, 2.75) is 36.0 Å². The number of aromatic nitrogens is 3. The summed E-state index contributed by atoms with van der Waals surface area (Å²) in [6, 6.07) is 30.8. The summed E-state index contributed by atoms with van der Waals surface area (Å²) in [4.78, 5) is 39.8. The molecule has 0 aliphatic carbocycles. The van der Waals surface area contributed by atoms with E-state index in [4.69, 9.17) is 4.74 Å². The zero-order chi connectivity index (χ0) is 37.7. The summed E-state index contributed by atoms with van der Waals surface area (Å²) in [5.74, 6) is -0.980. The van der Waals surface area contributed by atoms with Crippen LogP contribution in [-0.2, 0) is 32.6 Å². The molecule has 0 saturated heterocycles. The number of carbonyl (C=O) groups excluding carboxylic acids is 2. The highest BCUT2D eigenvalue weighted by Crippen LogP contribution is 2.35. The number of aliphatic hydroxyl groups is 1. The number of methoxy groups -OCH3 is 1. The second-order valence-electron chi connectivity index (χ2n) is 12.4. The van der Waals surface area contributed by atoms with Gasteiger partial charge < -0.3 is 25.5 Å². The van der Waals surface area contributed by atoms with Crippen molar-refractivity contribution in [3.8, 4) is 0 Å². The highest BCUT2D eigenvalue weighted by atomic mass is 32.2. The first-order valence-electron chi connectivity index (χ1n) is 16.9. The molecule has 4 N–H and O–H groups in total. The Kier molecular flexibility index (Phi) is 11.1. The molecule has 3 aromatic carbocycles. The molecule has 7 rings (SSSR count). The minimum atomic E-state index is -4.19. The van der Waals surface area contributed by atoms with Crippen molar-refractivity contribution in [3.63, 3.8) is 0 Å². The van der Waals surface area contributed by atoms with E-state index in [1.807, 2.05) is 72.8 Å². The third kappa shape index (κ3) is 7.90. The Bertz CT molecular complexity index is 2410. The summed E-state index contributed by atoms with van der Waals surface area (Å²) >= 11 is 2.69. The van der Waals surface area contributed by atoms with Gasteiger partial charge in [-0.1, -0.05) is 60.7 Å². The molecule has 2 atom stereocenters. The number of aliphatic hydroxyl groups excluding tert-OH is 1. The Morgan fingerprint density at radius 2 is 1.67 bits per heavy atom. The Morgan fingerprint density at radius 3 is 2.35 bits per heavy atom. The minimum absolute atomic E-state index is 0.0492. The number of carbonyl (C=O) groups is 2. The van der Waals surface area contributed by atoms with Crippen molar-refractivity contribution in [3.05, 3.63) is 147 Å². The molecule has 15 heteroatoms. The molecule has 4 heterocycles. The molecular weight excluding hydrogens is 745 g/mol. The molecule has 0 saturated carbocycles. The number of pyridine rings is 1. The van der Waals surface area contributed by atoms with Crippen LogP contribution in [0.5, 0.6) is 0 Å². The number of hydrogen-bond donors (Lipinski definition) is 4. The Hall–Kier alpha value is -5.45. The minimum Gasteiger partial charge on any atom is -0.453 e. The lowest BCUT2D eigenvalue weighted by molar-refractivity contribution is -0.123. The van der Waals surface area contributed by atoms with Crippen molar-refractivity contribution in [1.29, 1.82) is 0 Å². The van der Waals surface area contributed by atoms with Gasteiger partial charge in [-0.2, -0.15) is 4.31 Å². The summed E-state index contributed by atoms with van der Waals surface area (Å²) in [6.45, 7) is -0.508. The molecule has 0 spiro atoms. The van der Waals surface area contributed by atoms with Gasteiger partial charge >= 0.3 is 6.09 Å². The molecule has 1 unspecified atom stereocenters. The van der Waals surface area contributed by atoms with Gasteiger partial charge in [0.2, 0.25) is 15.9 Å². The number of alkyl carbamates (subject to hydrolysis) is 1. The molecule has 0 fully saturated rings. The van der Waals surface area contributed by atoms with Crippen molar-refractivity contribution in [2.75, 3.05) is 13.7 Å². The fraction of sp³-hybridized carbons (Fsp3) is 0.179. The monoisotopic (exact) mass is 780 g/mol. The van der Waals surface area contributed by atoms with Gasteiger partial charge in [0.15, 0.2) is 0 Å². The molecule has 0 aliphatic rings. The third-order valence-electron chi connectivity index (χ3n) is 9.04. The maximum atomic E-state index is 14.5. The van der Waals surface area contributed by atoms with Crippen molar-refractivity contribution in [1.82, 2.24) is 29.9 Å². The quantitative estimate of drug-likeness (QED) is 0.0994. The Labute approximate surface area is 319 Å². The molecule has 54 heavy (non-hydrogen) atoms. The molecule has 0 bridgehead atoms. The zero-order valence-corrected chi connectivity index (χ0v) is 31.4. The zero-order valence-electron chi connectivity index (χ0n) is 29.0. The largest absolute Gasteiger partial charge is 0.453 e. The molecule has 7 aromatic rings. The first kappa shape index (κ1) is 36.9. The molecule has 276 valence electrons. The van der Waals surface area contributed by atoms with Crippen LogP contribution in [0.2, 0.25) is 0 Å². The van der Waals surface area contributed by atoms with Gasteiger partial charge in [0.05, 0.1) is 53.5 Å². The average Bonchev–Trinajstić information content (AvgIpc) is 3.97. The van der Waals surface area contributed by atoms with Gasteiger partial charge in [0, 0.05) is 32.9 Å². The van der Waals surface area contributed by atoms with E-state index in [9.17, 15) is 23.1 Å². The van der Waals surface area contributed by atoms with E-state index in [0.717, 1.165) is 21.2 Å². The van der Waals surface area contributed by atoms with E-state index >= 15 is 0 Å². The Morgan fingerprint density at radius 1 is 0.926 bits per heavy atom. The number of nitrogens with zero attached hydrogens (tertiary/aromatic N) is 3. The highest BCUT2D eigenvalue weighted by Gasteiger charge is 2.35. The number of thiazole rings is 1. The summed E-state index contributed by atoms with van der Waals surface area (Å²) in [5, 5.41) is 17.4. The molecule has 12 nitrogen and oxygen atoms in total. The number of amides is 2. The number of H-pyrrole nitrogens is 1. The molecule has 0 radical (unpaired) electrons. The van der Waals surface area contributed by atoms with Crippen LogP contribution >= 0.6 is 22.7 Å². The lowest BCUT2D eigenvalue weighted by atomic mass is 9.84. The molecular formula is C39H36N6O6S3. The van der Waals surface area contributed by atoms with Gasteiger partial charge in [-0.15, -0.1) is 22.7 Å². The molecule has 4 aromatic heterocycles. The summed E-state index contributed by atoms with van der Waals surface area (Å²) in [5.41, 5.74) is 5.09. The van der Waals surface area contributed by atoms with Crippen LogP contribution in [0.4, 0.5) is 4.79 Å². The number of thiophene rings is 1. The SMILES string of the molecule is COC(=O)N[C@H](C(=O)NCc1ccc(C(CO)N(Cc2cc3cccnc3[nH]2)S(=O)(=O)c2ccc3scnc3c2)s1)C(c1ccccc1)c1ccccc1. The van der Waals surface area contributed by atoms with Crippen LogP contribution < -0.4 is 10.6 Å². The predicted molar refractivity (Wildman–Crippen MR) is 208 cm³/mol. The van der Waals surface area contributed by atoms with Gasteiger partial charge in [-0.3, -0.25) is 4.79 Å². The van der Waals surface area contributed by atoms with Crippen molar-refractivity contribution >= 4 is 65.9 Å². The van der Waals surface area contributed by atoms with Gasteiger partial charge in [-0.25, -0.2) is 23.2 Å². The second-order valence-corrected chi connectivity index (χ2v) is 16.4. The second kappa shape index (κ2) is 16.3. The number of nitrogens with one attached hydrogen (secondary N) is 3. The molecule has 0 aliphatic heterocycles. The average molecular weight is 781 g/mol. The third-order valence-corrected chi connectivity index (χ3v) is 12.9. The first-order valence-corrected chi connectivity index (χ1v) is 20.1. The number of ether oxygens (including phenoxy) is 1. The van der Waals surface area contributed by atoms with E-state index in [-0.39, 0.29) is 18.0 Å². The normalized spacial score (nSPS) is 13.0. The highest BCUT2D eigenvalue weighted by molar-refractivity contribution is 7.89. The van der Waals surface area contributed by atoms with Crippen molar-refractivity contribution in [2.24, 2.45) is 0 Å². The Balaban J connectivity index is 1.17. The topological polar surface area (TPSA) is 167 Å². The smallest absolute Gasteiger partial charge is 0.407 e. The number of sulfonamides is 1. The van der Waals surface area contributed by atoms with Gasteiger partial charge in [0.25, 0.3) is 0 Å². The lowest BCUT2D eigenvalue weighted by Gasteiger charge is -2.29. The van der Waals surface area contributed by atoms with Crippen LogP contribution in [-0.4, -0.2) is 64.5 Å². The summed E-state index contributed by atoms with van der Waals surface area (Å²) in [7, 11) is -2.95. The maximum Gasteiger partial charge on any atom is 0.407 e.